The summed E-state index contributed by atoms with van der Waals surface area (Å²) in [6.45, 7) is 0. The van der Waals surface area contributed by atoms with Gasteiger partial charge < -0.3 is 0 Å². The van der Waals surface area contributed by atoms with E-state index in [2.05, 4.69) is 21.6 Å². The van der Waals surface area contributed by atoms with Gasteiger partial charge >= 0.3 is 0 Å². The van der Waals surface area contributed by atoms with Crippen molar-refractivity contribution in [3.05, 3.63) is 28.8 Å². The van der Waals surface area contributed by atoms with Crippen molar-refractivity contribution in [3.63, 3.8) is 0 Å². The minimum Gasteiger partial charge on any atom is -0.217 e. The van der Waals surface area contributed by atoms with Gasteiger partial charge in [-0.1, -0.05) is 11.6 Å². The van der Waals surface area contributed by atoms with Gasteiger partial charge in [0, 0.05) is 9.92 Å². The smallest absolute Gasteiger partial charge is 0.214 e. The number of benzene rings is 1. The topological polar surface area (TPSA) is 67.4 Å². The molecule has 18 heavy (non-hydrogen) atoms. The Bertz CT molecular complexity index is 629. The zero-order valence-electron chi connectivity index (χ0n) is 9.25. The van der Waals surface area contributed by atoms with Gasteiger partial charge in [0.25, 0.3) is 0 Å². The molecule has 3 rings (SSSR count). The summed E-state index contributed by atoms with van der Waals surface area (Å²) in [5.41, 5.74) is 0.578. The number of nitriles is 1. The molecule has 0 atom stereocenters. The maximum absolute atomic E-state index is 9.06. The van der Waals surface area contributed by atoms with E-state index < -0.39 is 0 Å². The zero-order chi connectivity index (χ0) is 12.5. The maximum Gasteiger partial charge on any atom is 0.214 e. The molecule has 1 fully saturated rings. The Labute approximate surface area is 113 Å². The van der Waals surface area contributed by atoms with Crippen LogP contribution in [0.3, 0.4) is 0 Å². The van der Waals surface area contributed by atoms with Crippen molar-refractivity contribution in [2.45, 2.75) is 28.9 Å². The molecule has 5 nitrogen and oxygen atoms in total. The van der Waals surface area contributed by atoms with Crippen LogP contribution in [0.2, 0.25) is 5.02 Å². The standard InChI is InChI=1S/C11H8ClN5S/c12-8-2-1-7(6-13)10(5-8)18-11-14-15-16-17(11)9-3-4-9/h1-2,5,9H,3-4H2. The lowest BCUT2D eigenvalue weighted by Crippen LogP contribution is -1.98. The van der Waals surface area contributed by atoms with Crippen LogP contribution in [0.15, 0.2) is 28.3 Å². The lowest BCUT2D eigenvalue weighted by Gasteiger charge is -2.04. The lowest BCUT2D eigenvalue weighted by molar-refractivity contribution is 0.565. The van der Waals surface area contributed by atoms with E-state index in [0.29, 0.717) is 21.8 Å². The molecule has 0 spiro atoms. The summed E-state index contributed by atoms with van der Waals surface area (Å²) in [6.07, 6.45) is 2.22. The van der Waals surface area contributed by atoms with E-state index in [9.17, 15) is 0 Å². The van der Waals surface area contributed by atoms with Crippen molar-refractivity contribution >= 4 is 23.4 Å². The minimum absolute atomic E-state index is 0.409. The number of hydrogen-bond acceptors (Lipinski definition) is 5. The molecule has 0 unspecified atom stereocenters. The number of tetrazole rings is 1. The second-order valence-corrected chi connectivity index (χ2v) is 5.44. The van der Waals surface area contributed by atoms with E-state index in [4.69, 9.17) is 16.9 Å². The molecule has 0 bridgehead atoms. The Kier molecular flexibility index (Phi) is 2.94. The normalized spacial score (nSPS) is 14.4. The number of hydrogen-bond donors (Lipinski definition) is 0. The third kappa shape index (κ3) is 2.19. The van der Waals surface area contributed by atoms with Crippen LogP contribution in [-0.4, -0.2) is 20.2 Å². The number of halogens is 1. The monoisotopic (exact) mass is 277 g/mol. The van der Waals surface area contributed by atoms with E-state index >= 15 is 0 Å². The third-order valence-corrected chi connectivity index (χ3v) is 3.86. The predicted octanol–water partition coefficient (Wildman–Crippen LogP) is 2.68. The first-order valence-corrected chi connectivity index (χ1v) is 6.63. The Hall–Kier alpha value is -1.58. The first-order valence-electron chi connectivity index (χ1n) is 5.43. The first-order chi connectivity index (χ1) is 8.78. The highest BCUT2D eigenvalue weighted by Crippen LogP contribution is 2.38. The molecule has 1 aromatic heterocycles. The van der Waals surface area contributed by atoms with Crippen molar-refractivity contribution < 1.29 is 0 Å². The Morgan fingerprint density at radius 1 is 1.44 bits per heavy atom. The second-order valence-electron chi connectivity index (χ2n) is 3.99. The fraction of sp³-hybridized carbons (Fsp3) is 0.273. The van der Waals surface area contributed by atoms with E-state index in [1.807, 2.05) is 4.68 Å². The maximum atomic E-state index is 9.06. The largest absolute Gasteiger partial charge is 0.217 e. The van der Waals surface area contributed by atoms with Gasteiger partial charge in [0.2, 0.25) is 5.16 Å². The summed E-state index contributed by atoms with van der Waals surface area (Å²) in [7, 11) is 0. The highest BCUT2D eigenvalue weighted by Gasteiger charge is 2.28. The molecule has 7 heteroatoms. The molecule has 0 amide bonds. The van der Waals surface area contributed by atoms with Crippen molar-refractivity contribution in [3.8, 4) is 6.07 Å². The lowest BCUT2D eigenvalue weighted by atomic mass is 10.2. The third-order valence-electron chi connectivity index (χ3n) is 2.62. The molecule has 0 N–H and O–H groups in total. The Morgan fingerprint density at radius 3 is 3.00 bits per heavy atom. The molecule has 1 saturated carbocycles. The van der Waals surface area contributed by atoms with Crippen LogP contribution in [0, 0.1) is 11.3 Å². The molecular weight excluding hydrogens is 270 g/mol. The van der Waals surface area contributed by atoms with Gasteiger partial charge in [-0.25, -0.2) is 4.68 Å². The van der Waals surface area contributed by atoms with Crippen LogP contribution in [0.25, 0.3) is 0 Å². The molecule has 1 aliphatic carbocycles. The molecule has 2 aromatic rings. The minimum atomic E-state index is 0.409. The number of nitrogens with zero attached hydrogens (tertiary/aromatic N) is 5. The van der Waals surface area contributed by atoms with E-state index in [-0.39, 0.29) is 0 Å². The van der Waals surface area contributed by atoms with Crippen molar-refractivity contribution in [2.75, 3.05) is 0 Å². The Balaban J connectivity index is 1.94. The Morgan fingerprint density at radius 2 is 2.28 bits per heavy atom. The fourth-order valence-electron chi connectivity index (χ4n) is 1.57. The summed E-state index contributed by atoms with van der Waals surface area (Å²) < 4.78 is 1.81. The number of aromatic nitrogens is 4. The summed E-state index contributed by atoms with van der Waals surface area (Å²) in [5.74, 6) is 0. The van der Waals surface area contributed by atoms with E-state index in [1.165, 1.54) is 11.8 Å². The van der Waals surface area contributed by atoms with Crippen LogP contribution in [0.1, 0.15) is 24.4 Å². The highest BCUT2D eigenvalue weighted by molar-refractivity contribution is 7.99. The van der Waals surface area contributed by atoms with Gasteiger partial charge in [0.1, 0.15) is 6.07 Å². The molecule has 1 aliphatic rings. The van der Waals surface area contributed by atoms with Crippen molar-refractivity contribution in [1.29, 1.82) is 5.26 Å². The van der Waals surface area contributed by atoms with Crippen LogP contribution in [-0.2, 0) is 0 Å². The molecule has 0 aliphatic heterocycles. The van der Waals surface area contributed by atoms with Crippen LogP contribution < -0.4 is 0 Å². The van der Waals surface area contributed by atoms with Crippen molar-refractivity contribution in [2.24, 2.45) is 0 Å². The van der Waals surface area contributed by atoms with Gasteiger partial charge in [-0.3, -0.25) is 0 Å². The fourth-order valence-corrected chi connectivity index (χ4v) is 2.77. The van der Waals surface area contributed by atoms with Gasteiger partial charge in [0.05, 0.1) is 11.6 Å². The second kappa shape index (κ2) is 4.59. The summed E-state index contributed by atoms with van der Waals surface area (Å²) in [6, 6.07) is 7.72. The molecule has 0 radical (unpaired) electrons. The zero-order valence-corrected chi connectivity index (χ0v) is 10.8. The summed E-state index contributed by atoms with van der Waals surface area (Å²) >= 11 is 7.32. The number of rotatable bonds is 3. The quantitative estimate of drug-likeness (QED) is 0.863. The van der Waals surface area contributed by atoms with E-state index in [1.54, 1.807) is 18.2 Å². The predicted molar refractivity (Wildman–Crippen MR) is 66.4 cm³/mol. The average Bonchev–Trinajstić information content (AvgIpc) is 3.11. The van der Waals surface area contributed by atoms with Gasteiger partial charge in [0.15, 0.2) is 0 Å². The molecule has 1 aromatic carbocycles. The highest BCUT2D eigenvalue weighted by atomic mass is 35.5. The van der Waals surface area contributed by atoms with Gasteiger partial charge in [-0.15, -0.1) is 5.10 Å². The molecule has 0 saturated heterocycles. The SMILES string of the molecule is N#Cc1ccc(Cl)cc1Sc1nnnn1C1CC1. The van der Waals surface area contributed by atoms with Crippen LogP contribution >= 0.6 is 23.4 Å². The average molecular weight is 278 g/mol. The molecule has 1 heterocycles. The van der Waals surface area contributed by atoms with E-state index in [0.717, 1.165) is 17.7 Å². The summed E-state index contributed by atoms with van der Waals surface area (Å²) in [4.78, 5) is 0.779. The first kappa shape index (κ1) is 11.5. The van der Waals surface area contributed by atoms with Crippen LogP contribution in [0.5, 0.6) is 0 Å². The van der Waals surface area contributed by atoms with Crippen molar-refractivity contribution in [1.82, 2.24) is 20.2 Å². The molecule has 90 valence electrons. The van der Waals surface area contributed by atoms with Gasteiger partial charge in [-0.05, 0) is 53.2 Å². The van der Waals surface area contributed by atoms with Crippen LogP contribution in [0.4, 0.5) is 0 Å². The molecular formula is C11H8ClN5S. The summed E-state index contributed by atoms with van der Waals surface area (Å²) in [5, 5.41) is 22.0. The van der Waals surface area contributed by atoms with Gasteiger partial charge in [-0.2, -0.15) is 5.26 Å².